The maximum Gasteiger partial charge on any atom is 0.348 e. The minimum Gasteiger partial charge on any atom is -0.465 e. The fourth-order valence-corrected chi connectivity index (χ4v) is 5.55. The number of hydrogen-bond donors (Lipinski definition) is 0. The van der Waals surface area contributed by atoms with E-state index in [0.29, 0.717) is 5.56 Å². The highest BCUT2D eigenvalue weighted by Crippen LogP contribution is 2.42. The van der Waals surface area contributed by atoms with Crippen molar-refractivity contribution in [3.05, 3.63) is 143 Å². The average Bonchev–Trinajstić information content (AvgIpc) is 3.55. The van der Waals surface area contributed by atoms with E-state index >= 15 is 4.39 Å². The van der Waals surface area contributed by atoms with Crippen LogP contribution in [-0.2, 0) is 38.0 Å². The molecule has 12 nitrogen and oxygen atoms in total. The molecule has 0 N–H and O–H groups in total. The maximum absolute atomic E-state index is 15.0. The third-order valence-electron chi connectivity index (χ3n) is 8.52. The molecule has 0 bridgehead atoms. The highest BCUT2D eigenvalue weighted by molar-refractivity contribution is 5.94. The number of halogens is 2. The first kappa shape index (κ1) is 38.8. The quantitative estimate of drug-likeness (QED) is 0.151. The second kappa shape index (κ2) is 16.5. The molecular formula is C40H34F2O12. The molecule has 2 saturated heterocycles. The van der Waals surface area contributed by atoms with Crippen molar-refractivity contribution in [2.24, 2.45) is 0 Å². The predicted molar refractivity (Wildman–Crippen MR) is 184 cm³/mol. The first-order chi connectivity index (χ1) is 25.7. The minimum absolute atomic E-state index is 0.0938. The van der Waals surface area contributed by atoms with E-state index in [-0.39, 0.29) is 22.3 Å². The number of hydrogen-bond acceptors (Lipinski definition) is 12. The summed E-state index contributed by atoms with van der Waals surface area (Å²) in [7, 11) is 1.20. The average molecular weight is 745 g/mol. The second-order valence-electron chi connectivity index (χ2n) is 12.3. The summed E-state index contributed by atoms with van der Waals surface area (Å²) in [6, 6.07) is 30.3. The molecule has 0 aliphatic carbocycles. The molecule has 2 aliphatic rings. The number of cyclic esters (lactones) is 2. The lowest BCUT2D eigenvalue weighted by Gasteiger charge is -2.24. The Labute approximate surface area is 307 Å². The number of carbonyl (C=O) groups is 6. The van der Waals surface area contributed by atoms with E-state index in [2.05, 4.69) is 0 Å². The maximum atomic E-state index is 15.0. The van der Waals surface area contributed by atoms with Gasteiger partial charge in [-0.1, -0.05) is 72.8 Å². The fourth-order valence-electron chi connectivity index (χ4n) is 5.55. The van der Waals surface area contributed by atoms with Crippen molar-refractivity contribution < 1.29 is 66.0 Å². The van der Waals surface area contributed by atoms with E-state index in [1.807, 2.05) is 0 Å². The van der Waals surface area contributed by atoms with Crippen LogP contribution in [-0.4, -0.2) is 79.2 Å². The Hall–Kier alpha value is -6.44. The SMILES string of the molecule is COC(=O)c1ccccc1[C@H]1OC(=O)[C@](C)(F)[C@H]1OC(=O)c1ccccc1.C[C@@]1(F)C(=O)O[C@@H](COC(=O)c2ccccc2)[C@H]1OC(=O)c1ccccc1. The molecule has 0 aromatic heterocycles. The first-order valence-corrected chi connectivity index (χ1v) is 16.5. The van der Waals surface area contributed by atoms with Crippen LogP contribution in [0.15, 0.2) is 115 Å². The topological polar surface area (TPSA) is 158 Å². The molecule has 4 aromatic rings. The Morgan fingerprint density at radius 2 is 1.02 bits per heavy atom. The number of methoxy groups -OCH3 is 1. The van der Waals surface area contributed by atoms with Crippen LogP contribution >= 0.6 is 0 Å². The molecule has 14 heteroatoms. The third-order valence-corrected chi connectivity index (χ3v) is 8.52. The summed E-state index contributed by atoms with van der Waals surface area (Å²) in [6.07, 6.45) is -5.63. The molecule has 4 aromatic carbocycles. The molecular weight excluding hydrogens is 710 g/mol. The molecule has 0 radical (unpaired) electrons. The second-order valence-corrected chi connectivity index (χ2v) is 12.3. The highest BCUT2D eigenvalue weighted by atomic mass is 19.1. The molecule has 2 heterocycles. The predicted octanol–water partition coefficient (Wildman–Crippen LogP) is 5.75. The molecule has 0 unspecified atom stereocenters. The summed E-state index contributed by atoms with van der Waals surface area (Å²) in [5.74, 6) is -5.29. The smallest absolute Gasteiger partial charge is 0.348 e. The van der Waals surface area contributed by atoms with Gasteiger partial charge in [0.25, 0.3) is 0 Å². The van der Waals surface area contributed by atoms with E-state index in [4.69, 9.17) is 28.4 Å². The molecule has 6 rings (SSSR count). The molecule has 0 amide bonds. The van der Waals surface area contributed by atoms with Gasteiger partial charge in [0.15, 0.2) is 24.4 Å². The van der Waals surface area contributed by atoms with Gasteiger partial charge in [-0.15, -0.1) is 0 Å². The van der Waals surface area contributed by atoms with Crippen LogP contribution in [0.1, 0.15) is 66.9 Å². The lowest BCUT2D eigenvalue weighted by Crippen LogP contribution is -2.44. The van der Waals surface area contributed by atoms with Gasteiger partial charge in [-0.2, -0.15) is 0 Å². The van der Waals surface area contributed by atoms with Gasteiger partial charge in [0.05, 0.1) is 29.4 Å². The van der Waals surface area contributed by atoms with Crippen molar-refractivity contribution in [1.82, 2.24) is 0 Å². The summed E-state index contributed by atoms with van der Waals surface area (Å²) in [6.45, 7) is 1.52. The van der Waals surface area contributed by atoms with Gasteiger partial charge in [0.1, 0.15) is 6.61 Å². The molecule has 0 saturated carbocycles. The van der Waals surface area contributed by atoms with Gasteiger partial charge in [0.2, 0.25) is 11.3 Å². The summed E-state index contributed by atoms with van der Waals surface area (Å²) in [5.41, 5.74) is -4.13. The van der Waals surface area contributed by atoms with Crippen molar-refractivity contribution >= 4 is 35.8 Å². The van der Waals surface area contributed by atoms with Crippen LogP contribution in [0.25, 0.3) is 0 Å². The zero-order chi connectivity index (χ0) is 39.0. The van der Waals surface area contributed by atoms with Crippen molar-refractivity contribution in [1.29, 1.82) is 0 Å². The van der Waals surface area contributed by atoms with Crippen molar-refractivity contribution in [2.45, 2.75) is 49.6 Å². The van der Waals surface area contributed by atoms with Crippen molar-refractivity contribution in [3.8, 4) is 0 Å². The van der Waals surface area contributed by atoms with E-state index in [1.54, 1.807) is 78.9 Å². The van der Waals surface area contributed by atoms with E-state index in [9.17, 15) is 33.2 Å². The summed E-state index contributed by atoms with van der Waals surface area (Å²) in [4.78, 5) is 72.6. The largest absolute Gasteiger partial charge is 0.465 e. The molecule has 2 aliphatic heterocycles. The zero-order valence-corrected chi connectivity index (χ0v) is 29.1. The van der Waals surface area contributed by atoms with Crippen LogP contribution in [0.4, 0.5) is 8.78 Å². The third kappa shape index (κ3) is 8.44. The van der Waals surface area contributed by atoms with E-state index < -0.39 is 78.2 Å². The number of esters is 6. The Kier molecular flexibility index (Phi) is 11.8. The van der Waals surface area contributed by atoms with Gasteiger partial charge in [-0.25, -0.2) is 37.5 Å². The van der Waals surface area contributed by atoms with Crippen LogP contribution in [0, 0.1) is 0 Å². The van der Waals surface area contributed by atoms with Crippen LogP contribution < -0.4 is 0 Å². The number of carbonyl (C=O) groups excluding carboxylic acids is 6. The zero-order valence-electron chi connectivity index (χ0n) is 29.1. The summed E-state index contributed by atoms with van der Waals surface area (Å²) < 4.78 is 60.2. The first-order valence-electron chi connectivity index (χ1n) is 16.5. The Bertz CT molecular complexity index is 2000. The standard InChI is InChI=1S/2C20H17FO6/c1-20(21)16(27-17(22)12-8-4-3-5-9-12)15(26-19(20)24)13-10-6-7-11-14(13)18(23)25-2;1-20(21)16(27-18(23)14-10-6-3-7-11-14)15(26-19(20)24)12-25-17(22)13-8-4-2-5-9-13/h3-11,15-16H,1-2H3;2-11,15-16H,12H2,1H3/t2*15-,16+,20-/m10/s1. The minimum atomic E-state index is -2.57. The van der Waals surface area contributed by atoms with Crippen molar-refractivity contribution in [2.75, 3.05) is 13.7 Å². The summed E-state index contributed by atoms with van der Waals surface area (Å²) in [5, 5.41) is 0. The number of rotatable bonds is 9. The lowest BCUT2D eigenvalue weighted by molar-refractivity contribution is -0.150. The van der Waals surface area contributed by atoms with Crippen LogP contribution in [0.3, 0.4) is 0 Å². The van der Waals surface area contributed by atoms with Gasteiger partial charge >= 0.3 is 35.8 Å². The van der Waals surface area contributed by atoms with Gasteiger partial charge < -0.3 is 28.4 Å². The normalized spacial score (nSPS) is 24.2. The van der Waals surface area contributed by atoms with Gasteiger partial charge in [0, 0.05) is 5.56 Å². The van der Waals surface area contributed by atoms with Gasteiger partial charge in [-0.05, 0) is 56.3 Å². The molecule has 54 heavy (non-hydrogen) atoms. The van der Waals surface area contributed by atoms with E-state index in [0.717, 1.165) is 13.8 Å². The van der Waals surface area contributed by atoms with Crippen molar-refractivity contribution in [3.63, 3.8) is 0 Å². The number of ether oxygens (including phenoxy) is 6. The van der Waals surface area contributed by atoms with Crippen LogP contribution in [0.5, 0.6) is 0 Å². The van der Waals surface area contributed by atoms with Gasteiger partial charge in [-0.3, -0.25) is 0 Å². The van der Waals surface area contributed by atoms with E-state index in [1.165, 1.54) is 43.5 Å². The molecule has 280 valence electrons. The fraction of sp³-hybridized carbons (Fsp3) is 0.250. The number of alkyl halides is 2. The Balaban J connectivity index is 0.000000208. The molecule has 6 atom stereocenters. The van der Waals surface area contributed by atoms with Crippen LogP contribution in [0.2, 0.25) is 0 Å². The number of benzene rings is 4. The monoisotopic (exact) mass is 744 g/mol. The molecule has 2 fully saturated rings. The highest BCUT2D eigenvalue weighted by Gasteiger charge is 2.60. The molecule has 0 spiro atoms. The summed E-state index contributed by atoms with van der Waals surface area (Å²) >= 11 is 0. The Morgan fingerprint density at radius 1 is 0.593 bits per heavy atom. The Morgan fingerprint density at radius 3 is 1.54 bits per heavy atom. The lowest BCUT2D eigenvalue weighted by atomic mass is 9.92.